The van der Waals surface area contributed by atoms with E-state index >= 15 is 0 Å². The van der Waals surface area contributed by atoms with E-state index < -0.39 is 0 Å². The number of carbonyl (C=O) groups is 1. The van der Waals surface area contributed by atoms with Gasteiger partial charge in [-0.3, -0.25) is 0 Å². The summed E-state index contributed by atoms with van der Waals surface area (Å²) in [6.45, 7) is 0.200. The first kappa shape index (κ1) is 13.9. The monoisotopic (exact) mass is 264 g/mol. The Morgan fingerprint density at radius 1 is 1.47 bits per heavy atom. The molecule has 2 rings (SSSR count). The highest BCUT2D eigenvalue weighted by molar-refractivity contribution is 5.71. The molecule has 0 amide bonds. The second kappa shape index (κ2) is 6.57. The predicted octanol–water partition coefficient (Wildman–Crippen LogP) is 1.73. The molecule has 0 bridgehead atoms. The number of esters is 1. The lowest BCUT2D eigenvalue weighted by Gasteiger charge is -2.25. The summed E-state index contributed by atoms with van der Waals surface area (Å²) in [7, 11) is 1.35. The van der Waals surface area contributed by atoms with Gasteiger partial charge < -0.3 is 14.6 Å². The number of carbonyl (C=O) groups excluding carboxylic acids is 1. The molecule has 0 heterocycles. The smallest absolute Gasteiger partial charge is 0.343 e. The number of methoxy groups -OCH3 is 1. The number of aliphatic hydroxyl groups is 1. The van der Waals surface area contributed by atoms with E-state index in [1.807, 2.05) is 12.1 Å². The van der Waals surface area contributed by atoms with Crippen molar-refractivity contribution in [1.82, 2.24) is 0 Å². The van der Waals surface area contributed by atoms with E-state index in [0.717, 1.165) is 31.4 Å². The molecule has 1 unspecified atom stereocenters. The Kier molecular flexibility index (Phi) is 4.80. The van der Waals surface area contributed by atoms with Crippen molar-refractivity contribution in [3.63, 3.8) is 0 Å². The number of ether oxygens (including phenoxy) is 2. The molecule has 0 spiro atoms. The Labute approximate surface area is 113 Å². The Hall–Kier alpha value is -1.55. The van der Waals surface area contributed by atoms with Crippen LogP contribution in [0.5, 0.6) is 5.75 Å². The summed E-state index contributed by atoms with van der Waals surface area (Å²) < 4.78 is 10.1. The minimum absolute atomic E-state index is 0.0486. The summed E-state index contributed by atoms with van der Waals surface area (Å²) in [5, 5.41) is 9.02. The fourth-order valence-corrected chi connectivity index (χ4v) is 2.61. The van der Waals surface area contributed by atoms with Crippen LogP contribution in [0.4, 0.5) is 0 Å². The average Bonchev–Trinajstić information content (AvgIpc) is 2.44. The van der Waals surface area contributed by atoms with Crippen LogP contribution in [0.25, 0.3) is 0 Å². The van der Waals surface area contributed by atoms with Gasteiger partial charge >= 0.3 is 5.97 Å². The van der Waals surface area contributed by atoms with Gasteiger partial charge in [-0.15, -0.1) is 0 Å². The number of fused-ring (bicyclic) bond motifs is 1. The Bertz CT molecular complexity index is 442. The lowest BCUT2D eigenvalue weighted by atomic mass is 9.82. The Balaban J connectivity index is 2.07. The van der Waals surface area contributed by atoms with Crippen molar-refractivity contribution < 1.29 is 19.4 Å². The summed E-state index contributed by atoms with van der Waals surface area (Å²) in [5.74, 6) is 0.963. The van der Waals surface area contributed by atoms with Crippen LogP contribution in [-0.4, -0.2) is 31.4 Å². The third-order valence-corrected chi connectivity index (χ3v) is 3.65. The first-order valence-corrected chi connectivity index (χ1v) is 6.65. The molecule has 0 aromatic heterocycles. The van der Waals surface area contributed by atoms with Gasteiger partial charge in [0.1, 0.15) is 5.75 Å². The number of aliphatic hydroxyl groups excluding tert-OH is 1. The van der Waals surface area contributed by atoms with Crippen molar-refractivity contribution >= 4 is 5.97 Å². The van der Waals surface area contributed by atoms with E-state index in [1.54, 1.807) is 0 Å². The average molecular weight is 264 g/mol. The molecule has 0 aliphatic heterocycles. The zero-order chi connectivity index (χ0) is 13.7. The zero-order valence-corrected chi connectivity index (χ0v) is 11.2. The van der Waals surface area contributed by atoms with Crippen molar-refractivity contribution in [1.29, 1.82) is 0 Å². The standard InChI is InChI=1S/C15H20O4/c1-18-15(17)10-19-14-4-2-3-12-9-11(7-8-16)5-6-13(12)14/h2-4,11,16H,5-10H2,1H3. The topological polar surface area (TPSA) is 55.8 Å². The minimum atomic E-state index is -0.369. The number of hydrogen-bond acceptors (Lipinski definition) is 4. The molecule has 19 heavy (non-hydrogen) atoms. The first-order valence-electron chi connectivity index (χ1n) is 6.65. The molecule has 1 aromatic carbocycles. The summed E-state index contributed by atoms with van der Waals surface area (Å²) in [6.07, 6.45) is 3.83. The van der Waals surface area contributed by atoms with Gasteiger partial charge in [0.15, 0.2) is 6.61 Å². The van der Waals surface area contributed by atoms with E-state index in [-0.39, 0.29) is 19.2 Å². The fraction of sp³-hybridized carbons (Fsp3) is 0.533. The van der Waals surface area contributed by atoms with Crippen LogP contribution in [0.3, 0.4) is 0 Å². The molecule has 0 radical (unpaired) electrons. The molecule has 1 atom stereocenters. The van der Waals surface area contributed by atoms with Gasteiger partial charge in [-0.05, 0) is 48.8 Å². The van der Waals surface area contributed by atoms with Gasteiger partial charge in [0.2, 0.25) is 0 Å². The fourth-order valence-electron chi connectivity index (χ4n) is 2.61. The van der Waals surface area contributed by atoms with E-state index in [4.69, 9.17) is 9.84 Å². The van der Waals surface area contributed by atoms with E-state index in [9.17, 15) is 4.79 Å². The molecule has 1 N–H and O–H groups in total. The van der Waals surface area contributed by atoms with Crippen LogP contribution in [0, 0.1) is 5.92 Å². The van der Waals surface area contributed by atoms with Crippen molar-refractivity contribution in [3.05, 3.63) is 29.3 Å². The maximum absolute atomic E-state index is 11.1. The highest BCUT2D eigenvalue weighted by Crippen LogP contribution is 2.33. The van der Waals surface area contributed by atoms with Gasteiger partial charge in [0, 0.05) is 6.61 Å². The third-order valence-electron chi connectivity index (χ3n) is 3.65. The minimum Gasteiger partial charge on any atom is -0.482 e. The highest BCUT2D eigenvalue weighted by atomic mass is 16.6. The maximum Gasteiger partial charge on any atom is 0.343 e. The molecule has 4 heteroatoms. The van der Waals surface area contributed by atoms with Crippen molar-refractivity contribution in [3.8, 4) is 5.75 Å². The summed E-state index contributed by atoms with van der Waals surface area (Å²) in [4.78, 5) is 11.1. The third kappa shape index (κ3) is 3.47. The lowest BCUT2D eigenvalue weighted by molar-refractivity contribution is -0.142. The van der Waals surface area contributed by atoms with Gasteiger partial charge in [-0.1, -0.05) is 12.1 Å². The molecule has 0 saturated heterocycles. The van der Waals surface area contributed by atoms with E-state index in [0.29, 0.717) is 5.92 Å². The number of benzene rings is 1. The zero-order valence-electron chi connectivity index (χ0n) is 11.2. The van der Waals surface area contributed by atoms with Crippen LogP contribution in [0.1, 0.15) is 24.0 Å². The molecule has 104 valence electrons. The summed E-state index contributed by atoms with van der Waals surface area (Å²) >= 11 is 0. The number of hydrogen-bond donors (Lipinski definition) is 1. The SMILES string of the molecule is COC(=O)COc1cccc2c1CCC(CCO)C2. The normalized spacial score (nSPS) is 17.7. The van der Waals surface area contributed by atoms with Crippen molar-refractivity contribution in [2.24, 2.45) is 5.92 Å². The van der Waals surface area contributed by atoms with Crippen LogP contribution in [0.15, 0.2) is 18.2 Å². The van der Waals surface area contributed by atoms with Crippen molar-refractivity contribution in [2.45, 2.75) is 25.7 Å². The maximum atomic E-state index is 11.1. The predicted molar refractivity (Wildman–Crippen MR) is 71.2 cm³/mol. The second-order valence-corrected chi connectivity index (χ2v) is 4.88. The van der Waals surface area contributed by atoms with Crippen LogP contribution >= 0.6 is 0 Å². The molecule has 0 saturated carbocycles. The molecule has 4 nitrogen and oxygen atoms in total. The first-order chi connectivity index (χ1) is 9.24. The number of rotatable bonds is 5. The molecule has 0 fully saturated rings. The second-order valence-electron chi connectivity index (χ2n) is 4.88. The lowest BCUT2D eigenvalue weighted by Crippen LogP contribution is -2.18. The van der Waals surface area contributed by atoms with Gasteiger partial charge in [0.05, 0.1) is 7.11 Å². The van der Waals surface area contributed by atoms with Gasteiger partial charge in [-0.25, -0.2) is 4.79 Å². The molecule has 1 aromatic rings. The van der Waals surface area contributed by atoms with E-state index in [1.165, 1.54) is 18.2 Å². The Morgan fingerprint density at radius 3 is 3.05 bits per heavy atom. The molecular formula is C15H20O4. The van der Waals surface area contributed by atoms with Gasteiger partial charge in [-0.2, -0.15) is 0 Å². The van der Waals surface area contributed by atoms with E-state index in [2.05, 4.69) is 10.8 Å². The molecule has 1 aliphatic rings. The summed E-state index contributed by atoms with van der Waals surface area (Å²) in [5.41, 5.74) is 2.47. The van der Waals surface area contributed by atoms with Crippen LogP contribution in [-0.2, 0) is 22.4 Å². The van der Waals surface area contributed by atoms with Crippen LogP contribution in [0.2, 0.25) is 0 Å². The Morgan fingerprint density at radius 2 is 2.32 bits per heavy atom. The molecule has 1 aliphatic carbocycles. The largest absolute Gasteiger partial charge is 0.482 e. The summed E-state index contributed by atoms with van der Waals surface area (Å²) in [6, 6.07) is 5.95. The van der Waals surface area contributed by atoms with Crippen LogP contribution < -0.4 is 4.74 Å². The molecular weight excluding hydrogens is 244 g/mol. The van der Waals surface area contributed by atoms with Gasteiger partial charge in [0.25, 0.3) is 0 Å². The van der Waals surface area contributed by atoms with Crippen molar-refractivity contribution in [2.75, 3.05) is 20.3 Å². The highest BCUT2D eigenvalue weighted by Gasteiger charge is 2.21. The quantitative estimate of drug-likeness (QED) is 0.823.